The van der Waals surface area contributed by atoms with Gasteiger partial charge in [0.05, 0.1) is 10.9 Å². The van der Waals surface area contributed by atoms with Gasteiger partial charge in [-0.25, -0.2) is 4.79 Å². The van der Waals surface area contributed by atoms with Crippen LogP contribution in [-0.2, 0) is 6.61 Å². The molecule has 1 heterocycles. The van der Waals surface area contributed by atoms with Gasteiger partial charge in [0.15, 0.2) is 0 Å². The van der Waals surface area contributed by atoms with Crippen molar-refractivity contribution in [1.82, 2.24) is 0 Å². The van der Waals surface area contributed by atoms with Crippen LogP contribution in [0.25, 0.3) is 11.0 Å². The lowest BCUT2D eigenvalue weighted by molar-refractivity contribution is 0.0696. The Bertz CT molecular complexity index is 828. The van der Waals surface area contributed by atoms with Crippen LogP contribution in [0.3, 0.4) is 0 Å². The maximum Gasteiger partial charge on any atom is 0.335 e. The van der Waals surface area contributed by atoms with Crippen molar-refractivity contribution in [3.05, 3.63) is 64.9 Å². The van der Waals surface area contributed by atoms with Crippen LogP contribution in [0.15, 0.2) is 46.9 Å². The predicted octanol–water partition coefficient (Wildman–Crippen LogP) is 4.33. The molecular weight excluding hydrogens is 280 g/mol. The molecule has 4 nitrogen and oxygen atoms in total. The number of aryl methyl sites for hydroxylation is 2. The van der Waals surface area contributed by atoms with E-state index in [0.717, 1.165) is 16.7 Å². The molecule has 0 bridgehead atoms. The number of carboxylic acids is 1. The van der Waals surface area contributed by atoms with Crippen molar-refractivity contribution in [3.8, 4) is 5.75 Å². The molecule has 0 unspecified atom stereocenters. The second-order valence-electron chi connectivity index (χ2n) is 5.32. The topological polar surface area (TPSA) is 59.7 Å². The van der Waals surface area contributed by atoms with Gasteiger partial charge in [-0.3, -0.25) is 0 Å². The molecule has 4 heteroatoms. The first-order valence-electron chi connectivity index (χ1n) is 6.99. The number of rotatable bonds is 4. The first kappa shape index (κ1) is 14.2. The molecule has 2 aromatic carbocycles. The summed E-state index contributed by atoms with van der Waals surface area (Å²) in [7, 11) is 0. The summed E-state index contributed by atoms with van der Waals surface area (Å²) in [6.45, 7) is 4.23. The molecule has 0 aliphatic carbocycles. The molecule has 0 amide bonds. The van der Waals surface area contributed by atoms with Gasteiger partial charge >= 0.3 is 5.97 Å². The number of furan rings is 1. The molecule has 22 heavy (non-hydrogen) atoms. The minimum absolute atomic E-state index is 0.153. The Morgan fingerprint density at radius 2 is 1.86 bits per heavy atom. The summed E-state index contributed by atoms with van der Waals surface area (Å²) in [5.74, 6) is 0.237. The van der Waals surface area contributed by atoms with E-state index in [0.29, 0.717) is 17.9 Å². The molecule has 0 aliphatic rings. The van der Waals surface area contributed by atoms with E-state index in [1.54, 1.807) is 0 Å². The number of aromatic carboxylic acids is 1. The summed E-state index contributed by atoms with van der Waals surface area (Å²) in [5, 5.41) is 9.98. The fourth-order valence-corrected chi connectivity index (χ4v) is 2.32. The lowest BCUT2D eigenvalue weighted by atomic mass is 10.1. The zero-order valence-electron chi connectivity index (χ0n) is 12.4. The lowest BCUT2D eigenvalue weighted by Gasteiger charge is -2.08. The first-order valence-corrected chi connectivity index (χ1v) is 6.99. The molecule has 112 valence electrons. The Morgan fingerprint density at radius 1 is 1.14 bits per heavy atom. The van der Waals surface area contributed by atoms with Gasteiger partial charge in [-0.15, -0.1) is 0 Å². The molecule has 3 rings (SSSR count). The highest BCUT2D eigenvalue weighted by Crippen LogP contribution is 2.31. The van der Waals surface area contributed by atoms with Crippen molar-refractivity contribution in [2.45, 2.75) is 20.5 Å². The van der Waals surface area contributed by atoms with Crippen molar-refractivity contribution in [2.24, 2.45) is 0 Å². The largest absolute Gasteiger partial charge is 0.488 e. The molecule has 0 fully saturated rings. The van der Waals surface area contributed by atoms with Gasteiger partial charge in [0.25, 0.3) is 0 Å². The quantitative estimate of drug-likeness (QED) is 0.778. The molecule has 1 N–H and O–H groups in total. The summed E-state index contributed by atoms with van der Waals surface area (Å²) in [4.78, 5) is 11.2. The third-order valence-corrected chi connectivity index (χ3v) is 3.48. The van der Waals surface area contributed by atoms with E-state index in [4.69, 9.17) is 9.15 Å². The molecule has 0 saturated carbocycles. The molecule has 0 radical (unpaired) electrons. The van der Waals surface area contributed by atoms with Crippen LogP contribution < -0.4 is 4.74 Å². The first-order chi connectivity index (χ1) is 10.5. The van der Waals surface area contributed by atoms with Crippen molar-refractivity contribution in [2.75, 3.05) is 0 Å². The Labute approximate surface area is 127 Å². The average Bonchev–Trinajstić information content (AvgIpc) is 2.86. The molecule has 0 saturated heterocycles. The minimum Gasteiger partial charge on any atom is -0.488 e. The SMILES string of the molecule is Cc1ccc(COc2cc(C(=O)O)cc3oc(C)cc23)cc1. The van der Waals surface area contributed by atoms with Crippen LogP contribution in [0.2, 0.25) is 0 Å². The van der Waals surface area contributed by atoms with Gasteiger partial charge in [-0.05, 0) is 37.6 Å². The molecule has 3 aromatic rings. The zero-order chi connectivity index (χ0) is 15.7. The number of benzene rings is 2. The van der Waals surface area contributed by atoms with E-state index in [9.17, 15) is 9.90 Å². The predicted molar refractivity (Wildman–Crippen MR) is 83.4 cm³/mol. The summed E-state index contributed by atoms with van der Waals surface area (Å²) in [5.41, 5.74) is 2.89. The number of ether oxygens (including phenoxy) is 1. The van der Waals surface area contributed by atoms with E-state index < -0.39 is 5.97 Å². The van der Waals surface area contributed by atoms with E-state index in [-0.39, 0.29) is 5.56 Å². The van der Waals surface area contributed by atoms with Gasteiger partial charge in [0.2, 0.25) is 0 Å². The smallest absolute Gasteiger partial charge is 0.335 e. The third kappa shape index (κ3) is 2.81. The third-order valence-electron chi connectivity index (χ3n) is 3.48. The molecule has 0 aliphatic heterocycles. The fourth-order valence-electron chi connectivity index (χ4n) is 2.32. The van der Waals surface area contributed by atoms with Crippen LogP contribution in [0.4, 0.5) is 0 Å². The van der Waals surface area contributed by atoms with Crippen LogP contribution in [0.1, 0.15) is 27.2 Å². The number of hydrogen-bond donors (Lipinski definition) is 1. The standard InChI is InChI=1S/C18H16O4/c1-11-3-5-13(6-4-11)10-21-16-8-14(18(19)20)9-17-15(16)7-12(2)22-17/h3-9H,10H2,1-2H3,(H,19,20). The van der Waals surface area contributed by atoms with E-state index in [1.807, 2.05) is 44.2 Å². The van der Waals surface area contributed by atoms with Gasteiger partial charge in [0, 0.05) is 0 Å². The number of hydrogen-bond acceptors (Lipinski definition) is 3. The lowest BCUT2D eigenvalue weighted by Crippen LogP contribution is -2.00. The van der Waals surface area contributed by atoms with Gasteiger partial charge in [0.1, 0.15) is 23.7 Å². The maximum absolute atomic E-state index is 11.2. The summed E-state index contributed by atoms with van der Waals surface area (Å²) >= 11 is 0. The van der Waals surface area contributed by atoms with Gasteiger partial charge < -0.3 is 14.3 Å². The highest BCUT2D eigenvalue weighted by Gasteiger charge is 2.13. The highest BCUT2D eigenvalue weighted by molar-refractivity contribution is 5.95. The molecular formula is C18H16O4. The monoisotopic (exact) mass is 296 g/mol. The van der Waals surface area contributed by atoms with Gasteiger partial charge in [-0.1, -0.05) is 29.8 Å². The molecule has 0 spiro atoms. The Balaban J connectivity index is 1.94. The van der Waals surface area contributed by atoms with Crippen molar-refractivity contribution < 1.29 is 19.1 Å². The zero-order valence-corrected chi connectivity index (χ0v) is 12.4. The second kappa shape index (κ2) is 5.56. The Morgan fingerprint density at radius 3 is 2.55 bits per heavy atom. The number of carbonyl (C=O) groups is 1. The summed E-state index contributed by atoms with van der Waals surface area (Å²) < 4.78 is 11.3. The Kier molecular flexibility index (Phi) is 3.59. The van der Waals surface area contributed by atoms with Crippen LogP contribution in [0, 0.1) is 13.8 Å². The normalized spacial score (nSPS) is 10.8. The molecule has 1 aromatic heterocycles. The fraction of sp³-hybridized carbons (Fsp3) is 0.167. The van der Waals surface area contributed by atoms with Crippen molar-refractivity contribution in [1.29, 1.82) is 0 Å². The Hall–Kier alpha value is -2.75. The summed E-state index contributed by atoms with van der Waals surface area (Å²) in [6.07, 6.45) is 0. The number of carboxylic acid groups (broad SMARTS) is 1. The van der Waals surface area contributed by atoms with E-state index in [1.165, 1.54) is 17.7 Å². The average molecular weight is 296 g/mol. The second-order valence-corrected chi connectivity index (χ2v) is 5.32. The number of fused-ring (bicyclic) bond motifs is 1. The maximum atomic E-state index is 11.2. The van der Waals surface area contributed by atoms with Crippen LogP contribution in [-0.4, -0.2) is 11.1 Å². The molecule has 0 atom stereocenters. The van der Waals surface area contributed by atoms with E-state index >= 15 is 0 Å². The highest BCUT2D eigenvalue weighted by atomic mass is 16.5. The van der Waals surface area contributed by atoms with Crippen LogP contribution in [0.5, 0.6) is 5.75 Å². The van der Waals surface area contributed by atoms with Crippen molar-refractivity contribution in [3.63, 3.8) is 0 Å². The van der Waals surface area contributed by atoms with Crippen LogP contribution >= 0.6 is 0 Å². The summed E-state index contributed by atoms with van der Waals surface area (Å²) in [6, 6.07) is 12.9. The van der Waals surface area contributed by atoms with E-state index in [2.05, 4.69) is 0 Å². The van der Waals surface area contributed by atoms with Gasteiger partial charge in [-0.2, -0.15) is 0 Å². The minimum atomic E-state index is -1.00. The van der Waals surface area contributed by atoms with Crippen molar-refractivity contribution >= 4 is 16.9 Å².